The highest BCUT2D eigenvalue weighted by Gasteiger charge is 2.20. The minimum atomic E-state index is -4.53. The van der Waals surface area contributed by atoms with Crippen molar-refractivity contribution in [3.63, 3.8) is 0 Å². The number of unbranched alkanes of at least 4 members (excludes halogenated alkanes) is 17. The van der Waals surface area contributed by atoms with Gasteiger partial charge >= 0.3 is 5.97 Å². The molecule has 0 aliphatic carbocycles. The van der Waals surface area contributed by atoms with Crippen LogP contribution in [0.15, 0.2) is 60.8 Å². The molecular formula is C47H86NO7P. The van der Waals surface area contributed by atoms with E-state index in [1.165, 1.54) is 77.0 Å². The molecule has 2 atom stereocenters. The summed E-state index contributed by atoms with van der Waals surface area (Å²) in [6, 6.07) is 0. The largest absolute Gasteiger partial charge is 0.756 e. The summed E-state index contributed by atoms with van der Waals surface area (Å²) < 4.78 is 34.6. The summed E-state index contributed by atoms with van der Waals surface area (Å²) in [7, 11) is 1.33. The topological polar surface area (TPSA) is 94.1 Å². The number of esters is 1. The number of rotatable bonds is 41. The molecule has 0 bridgehead atoms. The SMILES string of the molecule is CCCC/C=C\C/C=C\CCCCCCCCOCC(COP(=O)([O-])OCC[N+](C)(C)C)OC(=O)CCCCCCCC/C=C\C/C=C\C/C=C\CCCCC. The second-order valence-electron chi connectivity index (χ2n) is 16.0. The van der Waals surface area contributed by atoms with Gasteiger partial charge < -0.3 is 27.9 Å². The Balaban J connectivity index is 4.28. The number of carbonyl (C=O) groups is 1. The Morgan fingerprint density at radius 3 is 1.52 bits per heavy atom. The normalized spacial score (nSPS) is 14.3. The zero-order chi connectivity index (χ0) is 41.3. The van der Waals surface area contributed by atoms with Gasteiger partial charge in [-0.05, 0) is 77.0 Å². The van der Waals surface area contributed by atoms with Crippen molar-refractivity contribution in [2.24, 2.45) is 0 Å². The van der Waals surface area contributed by atoms with E-state index in [9.17, 15) is 14.3 Å². The number of carbonyl (C=O) groups excluding carboxylic acids is 1. The van der Waals surface area contributed by atoms with Crippen molar-refractivity contribution < 1.29 is 37.3 Å². The van der Waals surface area contributed by atoms with Crippen LogP contribution in [0.4, 0.5) is 0 Å². The third-order valence-electron chi connectivity index (χ3n) is 9.29. The monoisotopic (exact) mass is 808 g/mol. The lowest BCUT2D eigenvalue weighted by Crippen LogP contribution is -2.37. The maximum atomic E-state index is 12.7. The lowest BCUT2D eigenvalue weighted by Gasteiger charge is -2.28. The predicted octanol–water partition coefficient (Wildman–Crippen LogP) is 12.7. The van der Waals surface area contributed by atoms with Gasteiger partial charge in [0.25, 0.3) is 7.82 Å². The van der Waals surface area contributed by atoms with Crippen molar-refractivity contribution in [3.8, 4) is 0 Å². The number of hydrogen-bond donors (Lipinski definition) is 0. The highest BCUT2D eigenvalue weighted by Crippen LogP contribution is 2.38. The maximum absolute atomic E-state index is 12.7. The first-order valence-electron chi connectivity index (χ1n) is 22.5. The molecule has 2 unspecified atom stereocenters. The Hall–Kier alpha value is -1.80. The lowest BCUT2D eigenvalue weighted by atomic mass is 10.1. The van der Waals surface area contributed by atoms with Crippen LogP contribution in [0.5, 0.6) is 0 Å². The van der Waals surface area contributed by atoms with Crippen LogP contribution < -0.4 is 4.89 Å². The lowest BCUT2D eigenvalue weighted by molar-refractivity contribution is -0.870. The van der Waals surface area contributed by atoms with Gasteiger partial charge in [-0.2, -0.15) is 0 Å². The fraction of sp³-hybridized carbons (Fsp3) is 0.766. The van der Waals surface area contributed by atoms with Gasteiger partial charge in [-0.3, -0.25) is 9.36 Å². The number of ether oxygens (including phenoxy) is 2. The van der Waals surface area contributed by atoms with E-state index in [0.29, 0.717) is 24.1 Å². The van der Waals surface area contributed by atoms with Gasteiger partial charge in [0.2, 0.25) is 0 Å². The molecule has 0 fully saturated rings. The Morgan fingerprint density at radius 1 is 0.554 bits per heavy atom. The molecule has 0 aliphatic rings. The number of quaternary nitrogens is 1. The highest BCUT2D eigenvalue weighted by molar-refractivity contribution is 7.45. The first-order chi connectivity index (χ1) is 27.1. The zero-order valence-corrected chi connectivity index (χ0v) is 37.7. The second kappa shape index (κ2) is 40.0. The first kappa shape index (κ1) is 54.2. The average molecular weight is 808 g/mol. The molecule has 0 rings (SSSR count). The minimum absolute atomic E-state index is 0.0184. The van der Waals surface area contributed by atoms with Crippen LogP contribution in [-0.2, 0) is 27.9 Å². The summed E-state index contributed by atoms with van der Waals surface area (Å²) in [6.07, 6.45) is 49.4. The van der Waals surface area contributed by atoms with Gasteiger partial charge in [0.15, 0.2) is 0 Å². The Labute approximate surface area is 345 Å². The smallest absolute Gasteiger partial charge is 0.306 e. The number of likely N-dealkylation sites (N-methyl/N-ethyl adjacent to an activating group) is 1. The summed E-state index contributed by atoms with van der Waals surface area (Å²) in [6.45, 7) is 5.29. The number of phosphoric acid groups is 1. The Kier molecular flexibility index (Phi) is 38.7. The van der Waals surface area contributed by atoms with E-state index < -0.39 is 13.9 Å². The molecule has 0 saturated heterocycles. The molecule has 8 nitrogen and oxygen atoms in total. The van der Waals surface area contributed by atoms with E-state index in [2.05, 4.69) is 74.6 Å². The van der Waals surface area contributed by atoms with Crippen molar-refractivity contribution in [1.29, 1.82) is 0 Å². The van der Waals surface area contributed by atoms with Crippen LogP contribution in [0.3, 0.4) is 0 Å². The van der Waals surface area contributed by atoms with Crippen LogP contribution in [0.1, 0.15) is 174 Å². The molecular weight excluding hydrogens is 721 g/mol. The number of nitrogens with zero attached hydrogens (tertiary/aromatic N) is 1. The van der Waals surface area contributed by atoms with Crippen molar-refractivity contribution in [1.82, 2.24) is 0 Å². The summed E-state index contributed by atoms with van der Waals surface area (Å²) >= 11 is 0. The summed E-state index contributed by atoms with van der Waals surface area (Å²) in [5.74, 6) is -0.352. The van der Waals surface area contributed by atoms with Crippen LogP contribution in [0, 0.1) is 0 Å². The van der Waals surface area contributed by atoms with Gasteiger partial charge in [0.05, 0.1) is 34.4 Å². The first-order valence-corrected chi connectivity index (χ1v) is 24.0. The van der Waals surface area contributed by atoms with Gasteiger partial charge in [-0.15, -0.1) is 0 Å². The van der Waals surface area contributed by atoms with Gasteiger partial charge in [-0.25, -0.2) is 0 Å². The molecule has 0 saturated carbocycles. The fourth-order valence-electron chi connectivity index (χ4n) is 5.74. The molecule has 0 aromatic carbocycles. The summed E-state index contributed by atoms with van der Waals surface area (Å²) in [4.78, 5) is 25.1. The van der Waals surface area contributed by atoms with Crippen LogP contribution in [0.25, 0.3) is 0 Å². The molecule has 0 radical (unpaired) electrons. The summed E-state index contributed by atoms with van der Waals surface area (Å²) in [5.41, 5.74) is 0. The van der Waals surface area contributed by atoms with Gasteiger partial charge in [0, 0.05) is 13.0 Å². The quantitative estimate of drug-likeness (QED) is 0.0200. The van der Waals surface area contributed by atoms with E-state index in [1.54, 1.807) is 0 Å². The van der Waals surface area contributed by atoms with Crippen molar-refractivity contribution in [2.75, 3.05) is 54.1 Å². The van der Waals surface area contributed by atoms with E-state index in [0.717, 1.165) is 77.0 Å². The standard InChI is InChI=1S/C47H86NO7P/c1-6-8-10-12-14-16-18-20-22-23-24-25-26-28-30-32-34-36-38-40-47(49)55-46(45-54-56(50,51)53-43-41-48(3,4)5)44-52-42-39-37-35-33-31-29-27-21-19-17-15-13-11-9-7-2/h13-16,19-22,24-25,46H,6-12,17-18,23,26-45H2,1-5H3/b15-13-,16-14-,21-19-,22-20-,25-24-. The molecule has 0 amide bonds. The fourth-order valence-corrected chi connectivity index (χ4v) is 6.47. The van der Waals surface area contributed by atoms with E-state index in [-0.39, 0.29) is 25.8 Å². The predicted molar refractivity (Wildman–Crippen MR) is 236 cm³/mol. The molecule has 326 valence electrons. The Morgan fingerprint density at radius 2 is 1.00 bits per heavy atom. The van der Waals surface area contributed by atoms with Crippen molar-refractivity contribution in [2.45, 2.75) is 180 Å². The molecule has 0 heterocycles. The molecule has 56 heavy (non-hydrogen) atoms. The molecule has 0 aliphatic heterocycles. The van der Waals surface area contributed by atoms with E-state index >= 15 is 0 Å². The molecule has 0 aromatic rings. The molecule has 0 aromatic heterocycles. The number of hydrogen-bond acceptors (Lipinski definition) is 7. The third kappa shape index (κ3) is 43.3. The zero-order valence-electron chi connectivity index (χ0n) is 36.8. The average Bonchev–Trinajstić information content (AvgIpc) is 3.15. The second-order valence-corrected chi connectivity index (χ2v) is 17.5. The summed E-state index contributed by atoms with van der Waals surface area (Å²) in [5, 5.41) is 0. The van der Waals surface area contributed by atoms with Gasteiger partial charge in [0.1, 0.15) is 19.3 Å². The van der Waals surface area contributed by atoms with E-state index in [1.807, 2.05) is 21.1 Å². The van der Waals surface area contributed by atoms with Crippen LogP contribution >= 0.6 is 7.82 Å². The van der Waals surface area contributed by atoms with Crippen LogP contribution in [-0.4, -0.2) is 70.7 Å². The molecule has 9 heteroatoms. The Bertz CT molecular complexity index is 1080. The van der Waals surface area contributed by atoms with E-state index in [4.69, 9.17) is 18.5 Å². The number of phosphoric ester groups is 1. The van der Waals surface area contributed by atoms with Gasteiger partial charge in [-0.1, -0.05) is 152 Å². The van der Waals surface area contributed by atoms with Crippen LogP contribution in [0.2, 0.25) is 0 Å². The molecule has 0 N–H and O–H groups in total. The third-order valence-corrected chi connectivity index (χ3v) is 10.3. The highest BCUT2D eigenvalue weighted by atomic mass is 31.2. The van der Waals surface area contributed by atoms with Crippen molar-refractivity contribution >= 4 is 13.8 Å². The minimum Gasteiger partial charge on any atom is -0.756 e. The van der Waals surface area contributed by atoms with Crippen molar-refractivity contribution in [3.05, 3.63) is 60.8 Å². The molecule has 0 spiro atoms. The maximum Gasteiger partial charge on any atom is 0.306 e. The number of allylic oxidation sites excluding steroid dienone is 10.